The second kappa shape index (κ2) is 4.13. The summed E-state index contributed by atoms with van der Waals surface area (Å²) >= 11 is 0. The van der Waals surface area contributed by atoms with Gasteiger partial charge in [0.25, 0.3) is 0 Å². The minimum atomic E-state index is 0.417. The van der Waals surface area contributed by atoms with Gasteiger partial charge in [0, 0.05) is 12.4 Å². The molecule has 4 bridgehead atoms. The largest absolute Gasteiger partial charge is 0.350 e. The van der Waals surface area contributed by atoms with Crippen molar-refractivity contribution in [2.45, 2.75) is 51.0 Å². The Hall–Kier alpha value is -1.23. The van der Waals surface area contributed by atoms with E-state index >= 15 is 0 Å². The van der Waals surface area contributed by atoms with Gasteiger partial charge in [-0.1, -0.05) is 0 Å². The number of hydrogen-bond acceptors (Lipinski definition) is 1. The van der Waals surface area contributed by atoms with Crippen molar-refractivity contribution in [2.24, 2.45) is 23.2 Å². The average Bonchev–Trinajstić information content (AvgIpc) is 2.87. The molecule has 0 aromatic carbocycles. The fourth-order valence-corrected chi connectivity index (χ4v) is 5.87. The molecule has 2 nitrogen and oxygen atoms in total. The molecule has 19 heavy (non-hydrogen) atoms. The SMILES string of the molecule is N#CCC(n1cccc1)C12CC3CC(CC(C3)C1)C2. The highest BCUT2D eigenvalue weighted by molar-refractivity contribution is 5.09. The fraction of sp³-hybridized carbons (Fsp3) is 0.706. The van der Waals surface area contributed by atoms with E-state index in [9.17, 15) is 5.26 Å². The first-order valence-electron chi connectivity index (χ1n) is 7.78. The number of nitriles is 1. The van der Waals surface area contributed by atoms with Gasteiger partial charge in [0.05, 0.1) is 18.5 Å². The van der Waals surface area contributed by atoms with Gasteiger partial charge in [-0.25, -0.2) is 0 Å². The summed E-state index contributed by atoms with van der Waals surface area (Å²) in [4.78, 5) is 0. The molecule has 0 spiro atoms. The zero-order chi connectivity index (χ0) is 12.9. The minimum absolute atomic E-state index is 0.417. The maximum Gasteiger partial charge on any atom is 0.0643 e. The lowest BCUT2D eigenvalue weighted by molar-refractivity contribution is -0.0817. The van der Waals surface area contributed by atoms with Gasteiger partial charge in [-0.3, -0.25) is 0 Å². The first kappa shape index (κ1) is 11.6. The van der Waals surface area contributed by atoms with Crippen molar-refractivity contribution in [1.82, 2.24) is 4.57 Å². The van der Waals surface area contributed by atoms with E-state index in [-0.39, 0.29) is 0 Å². The van der Waals surface area contributed by atoms with E-state index < -0.39 is 0 Å². The van der Waals surface area contributed by atoms with Crippen LogP contribution in [-0.2, 0) is 0 Å². The third-order valence-electron chi connectivity index (χ3n) is 6.06. The highest BCUT2D eigenvalue weighted by Gasteiger charge is 2.54. The molecule has 1 unspecified atom stereocenters. The molecule has 4 fully saturated rings. The highest BCUT2D eigenvalue weighted by atomic mass is 15.0. The molecular weight excluding hydrogens is 232 g/mol. The Balaban J connectivity index is 1.71. The maximum absolute atomic E-state index is 9.27. The smallest absolute Gasteiger partial charge is 0.0643 e. The van der Waals surface area contributed by atoms with Crippen LogP contribution in [0.25, 0.3) is 0 Å². The van der Waals surface area contributed by atoms with Crippen LogP contribution in [0.15, 0.2) is 24.5 Å². The van der Waals surface area contributed by atoms with Crippen molar-refractivity contribution in [1.29, 1.82) is 5.26 Å². The number of rotatable bonds is 3. The Labute approximate surface area is 115 Å². The summed E-state index contributed by atoms with van der Waals surface area (Å²) < 4.78 is 2.33. The maximum atomic E-state index is 9.27. The van der Waals surface area contributed by atoms with Crippen LogP contribution in [0.1, 0.15) is 51.0 Å². The zero-order valence-electron chi connectivity index (χ0n) is 11.5. The molecule has 2 heteroatoms. The van der Waals surface area contributed by atoms with Crippen molar-refractivity contribution in [3.63, 3.8) is 0 Å². The molecule has 100 valence electrons. The second-order valence-corrected chi connectivity index (χ2v) is 7.29. The molecule has 4 aliphatic rings. The molecule has 0 N–H and O–H groups in total. The molecule has 1 aromatic rings. The zero-order valence-corrected chi connectivity index (χ0v) is 11.5. The highest BCUT2D eigenvalue weighted by Crippen LogP contribution is 2.64. The second-order valence-electron chi connectivity index (χ2n) is 7.29. The number of hydrogen-bond donors (Lipinski definition) is 0. The summed E-state index contributed by atoms with van der Waals surface area (Å²) in [6, 6.07) is 7.08. The van der Waals surface area contributed by atoms with E-state index in [4.69, 9.17) is 0 Å². The summed E-state index contributed by atoms with van der Waals surface area (Å²) in [5.41, 5.74) is 0.434. The Morgan fingerprint density at radius 3 is 2.05 bits per heavy atom. The van der Waals surface area contributed by atoms with Gasteiger partial charge >= 0.3 is 0 Å². The van der Waals surface area contributed by atoms with Gasteiger partial charge in [0.2, 0.25) is 0 Å². The third kappa shape index (κ3) is 1.75. The quantitative estimate of drug-likeness (QED) is 0.796. The van der Waals surface area contributed by atoms with Crippen molar-refractivity contribution in [2.75, 3.05) is 0 Å². The molecule has 1 heterocycles. The lowest BCUT2D eigenvalue weighted by atomic mass is 9.47. The van der Waals surface area contributed by atoms with Crippen LogP contribution in [0.3, 0.4) is 0 Å². The number of aromatic nitrogens is 1. The molecule has 5 rings (SSSR count). The van der Waals surface area contributed by atoms with E-state index in [0.717, 1.165) is 17.8 Å². The first-order chi connectivity index (χ1) is 9.29. The summed E-state index contributed by atoms with van der Waals surface area (Å²) in [5, 5.41) is 9.27. The standard InChI is InChI=1S/C17H22N2/c18-4-3-16(19-5-1-2-6-19)17-10-13-7-14(11-17)9-15(8-13)12-17/h1-2,5-6,13-16H,3,7-12H2. The monoisotopic (exact) mass is 254 g/mol. The molecule has 4 aliphatic carbocycles. The van der Waals surface area contributed by atoms with E-state index in [2.05, 4.69) is 35.2 Å². The Kier molecular flexibility index (Phi) is 2.52. The first-order valence-corrected chi connectivity index (χ1v) is 7.78. The molecule has 0 radical (unpaired) electrons. The summed E-state index contributed by atoms with van der Waals surface area (Å²) in [7, 11) is 0. The summed E-state index contributed by atoms with van der Waals surface area (Å²) in [6.45, 7) is 0. The molecule has 0 amide bonds. The van der Waals surface area contributed by atoms with Crippen molar-refractivity contribution >= 4 is 0 Å². The van der Waals surface area contributed by atoms with Crippen LogP contribution in [-0.4, -0.2) is 4.57 Å². The van der Waals surface area contributed by atoms with Gasteiger partial charge in [-0.05, 0) is 73.8 Å². The Bertz CT molecular complexity index is 459. The van der Waals surface area contributed by atoms with Gasteiger partial charge in [-0.2, -0.15) is 5.26 Å². The summed E-state index contributed by atoms with van der Waals surface area (Å²) in [6.07, 6.45) is 13.6. The normalized spacial score (nSPS) is 41.1. The van der Waals surface area contributed by atoms with Crippen molar-refractivity contribution in [3.8, 4) is 6.07 Å². The molecule has 0 aliphatic heterocycles. The van der Waals surface area contributed by atoms with Crippen LogP contribution in [0.2, 0.25) is 0 Å². The lowest BCUT2D eigenvalue weighted by Gasteiger charge is -2.59. The molecule has 1 aromatic heterocycles. The predicted octanol–water partition coefficient (Wildman–Crippen LogP) is 4.16. The fourth-order valence-electron chi connectivity index (χ4n) is 5.87. The third-order valence-corrected chi connectivity index (χ3v) is 6.06. The van der Waals surface area contributed by atoms with E-state index in [0.29, 0.717) is 17.9 Å². The predicted molar refractivity (Wildman–Crippen MR) is 74.3 cm³/mol. The van der Waals surface area contributed by atoms with E-state index in [1.807, 2.05) is 0 Å². The van der Waals surface area contributed by atoms with Crippen LogP contribution in [0.5, 0.6) is 0 Å². The Morgan fingerprint density at radius 2 is 1.58 bits per heavy atom. The lowest BCUT2D eigenvalue weighted by Crippen LogP contribution is -2.49. The van der Waals surface area contributed by atoms with Gasteiger partial charge in [0.15, 0.2) is 0 Å². The summed E-state index contributed by atoms with van der Waals surface area (Å²) in [5.74, 6) is 2.88. The van der Waals surface area contributed by atoms with E-state index in [1.165, 1.54) is 38.5 Å². The topological polar surface area (TPSA) is 28.7 Å². The van der Waals surface area contributed by atoms with Crippen LogP contribution in [0.4, 0.5) is 0 Å². The van der Waals surface area contributed by atoms with Crippen LogP contribution >= 0.6 is 0 Å². The van der Waals surface area contributed by atoms with Crippen LogP contribution < -0.4 is 0 Å². The van der Waals surface area contributed by atoms with E-state index in [1.54, 1.807) is 0 Å². The average molecular weight is 254 g/mol. The molecule has 4 saturated carbocycles. The van der Waals surface area contributed by atoms with Crippen molar-refractivity contribution < 1.29 is 0 Å². The molecule has 0 saturated heterocycles. The minimum Gasteiger partial charge on any atom is -0.350 e. The van der Waals surface area contributed by atoms with Gasteiger partial charge in [0.1, 0.15) is 0 Å². The molecule has 1 atom stereocenters. The van der Waals surface area contributed by atoms with Gasteiger partial charge in [-0.15, -0.1) is 0 Å². The molecular formula is C17H22N2. The van der Waals surface area contributed by atoms with Gasteiger partial charge < -0.3 is 4.57 Å². The van der Waals surface area contributed by atoms with Crippen LogP contribution in [0, 0.1) is 34.5 Å². The van der Waals surface area contributed by atoms with Crippen molar-refractivity contribution in [3.05, 3.63) is 24.5 Å². The Morgan fingerprint density at radius 1 is 1.05 bits per heavy atom. The number of nitrogens with zero attached hydrogens (tertiary/aromatic N) is 2.